The molecule has 0 saturated heterocycles. The van der Waals surface area contributed by atoms with Crippen LogP contribution < -0.4 is 5.32 Å². The normalized spacial score (nSPS) is 10.3. The summed E-state index contributed by atoms with van der Waals surface area (Å²) in [5, 5.41) is 3.39. The number of methoxy groups -OCH3 is 1. The Morgan fingerprint density at radius 3 is 2.17 bits per heavy atom. The fourth-order valence-corrected chi connectivity index (χ4v) is 1.96. The van der Waals surface area contributed by atoms with Crippen LogP contribution in [0.15, 0.2) is 53.0 Å². The van der Waals surface area contributed by atoms with Crippen LogP contribution in [0.4, 0.5) is 5.69 Å². The van der Waals surface area contributed by atoms with Gasteiger partial charge in [-0.1, -0.05) is 40.2 Å². The van der Waals surface area contributed by atoms with Crippen LogP contribution in [0.1, 0.15) is 11.1 Å². The van der Waals surface area contributed by atoms with Crippen LogP contribution >= 0.6 is 15.9 Å². The Hall–Kier alpha value is -1.32. The number of ether oxygens (including phenoxy) is 1. The summed E-state index contributed by atoms with van der Waals surface area (Å²) in [7, 11) is 1.71. The first-order chi connectivity index (χ1) is 8.78. The predicted octanol–water partition coefficient (Wildman–Crippen LogP) is 4.21. The van der Waals surface area contributed by atoms with Crippen molar-refractivity contribution in [2.45, 2.75) is 13.2 Å². The van der Waals surface area contributed by atoms with E-state index >= 15 is 0 Å². The highest BCUT2D eigenvalue weighted by molar-refractivity contribution is 9.10. The number of benzene rings is 2. The van der Waals surface area contributed by atoms with E-state index in [9.17, 15) is 0 Å². The molecular formula is C15H16BrNO. The maximum atomic E-state index is 5.08. The van der Waals surface area contributed by atoms with Gasteiger partial charge >= 0.3 is 0 Å². The molecule has 0 aliphatic heterocycles. The maximum absolute atomic E-state index is 5.08. The highest BCUT2D eigenvalue weighted by atomic mass is 79.9. The topological polar surface area (TPSA) is 21.3 Å². The molecule has 0 saturated carbocycles. The highest BCUT2D eigenvalue weighted by Gasteiger charge is 1.96. The standard InChI is InChI=1S/C15H16BrNO/c1-18-11-13-4-8-15(9-5-13)17-10-12-2-6-14(16)7-3-12/h2-9,17H,10-11H2,1H3. The lowest BCUT2D eigenvalue weighted by Gasteiger charge is -2.07. The largest absolute Gasteiger partial charge is 0.381 e. The van der Waals surface area contributed by atoms with E-state index in [1.165, 1.54) is 11.1 Å². The van der Waals surface area contributed by atoms with Gasteiger partial charge in [0.25, 0.3) is 0 Å². The highest BCUT2D eigenvalue weighted by Crippen LogP contribution is 2.14. The van der Waals surface area contributed by atoms with Crippen molar-refractivity contribution in [3.05, 3.63) is 64.1 Å². The summed E-state index contributed by atoms with van der Waals surface area (Å²) in [5.74, 6) is 0. The third-order valence-electron chi connectivity index (χ3n) is 2.67. The third-order valence-corrected chi connectivity index (χ3v) is 3.20. The zero-order valence-electron chi connectivity index (χ0n) is 10.3. The smallest absolute Gasteiger partial charge is 0.0713 e. The van der Waals surface area contributed by atoms with Crippen molar-refractivity contribution < 1.29 is 4.74 Å². The number of rotatable bonds is 5. The molecule has 0 aliphatic carbocycles. The number of anilines is 1. The van der Waals surface area contributed by atoms with Gasteiger partial charge in [-0.05, 0) is 35.4 Å². The fourth-order valence-electron chi connectivity index (χ4n) is 1.69. The summed E-state index contributed by atoms with van der Waals surface area (Å²) >= 11 is 3.43. The Balaban J connectivity index is 1.91. The van der Waals surface area contributed by atoms with E-state index < -0.39 is 0 Å². The Labute approximate surface area is 116 Å². The van der Waals surface area contributed by atoms with E-state index in [0.29, 0.717) is 6.61 Å². The summed E-state index contributed by atoms with van der Waals surface area (Å²) in [5.41, 5.74) is 3.57. The molecule has 2 rings (SSSR count). The number of hydrogen-bond donors (Lipinski definition) is 1. The van der Waals surface area contributed by atoms with Gasteiger partial charge in [-0.15, -0.1) is 0 Å². The molecule has 0 amide bonds. The SMILES string of the molecule is COCc1ccc(NCc2ccc(Br)cc2)cc1. The van der Waals surface area contributed by atoms with Gasteiger partial charge in [0.05, 0.1) is 6.61 Å². The average molecular weight is 306 g/mol. The van der Waals surface area contributed by atoms with Crippen LogP contribution in [0.5, 0.6) is 0 Å². The number of halogens is 1. The summed E-state index contributed by atoms with van der Waals surface area (Å²) in [6, 6.07) is 16.6. The van der Waals surface area contributed by atoms with E-state index in [0.717, 1.165) is 16.7 Å². The van der Waals surface area contributed by atoms with Gasteiger partial charge in [-0.2, -0.15) is 0 Å². The van der Waals surface area contributed by atoms with Gasteiger partial charge in [-0.25, -0.2) is 0 Å². The van der Waals surface area contributed by atoms with Crippen molar-refractivity contribution in [1.82, 2.24) is 0 Å². The van der Waals surface area contributed by atoms with Crippen LogP contribution in [-0.4, -0.2) is 7.11 Å². The van der Waals surface area contributed by atoms with Crippen molar-refractivity contribution in [3.63, 3.8) is 0 Å². The van der Waals surface area contributed by atoms with E-state index in [4.69, 9.17) is 4.74 Å². The fraction of sp³-hybridized carbons (Fsp3) is 0.200. The van der Waals surface area contributed by atoms with E-state index in [-0.39, 0.29) is 0 Å². The molecule has 0 bridgehead atoms. The van der Waals surface area contributed by atoms with Crippen molar-refractivity contribution in [2.24, 2.45) is 0 Å². The Morgan fingerprint density at radius 1 is 0.944 bits per heavy atom. The second-order valence-corrected chi connectivity index (χ2v) is 5.03. The van der Waals surface area contributed by atoms with Gasteiger partial charge in [-0.3, -0.25) is 0 Å². The van der Waals surface area contributed by atoms with Gasteiger partial charge in [0.15, 0.2) is 0 Å². The molecule has 0 heterocycles. The van der Waals surface area contributed by atoms with Gasteiger partial charge in [0.1, 0.15) is 0 Å². The zero-order chi connectivity index (χ0) is 12.8. The molecule has 0 aromatic heterocycles. The molecule has 1 N–H and O–H groups in total. The van der Waals surface area contributed by atoms with Gasteiger partial charge < -0.3 is 10.1 Å². The first-order valence-electron chi connectivity index (χ1n) is 5.84. The van der Waals surface area contributed by atoms with Crippen LogP contribution in [-0.2, 0) is 17.9 Å². The molecule has 2 aromatic carbocycles. The lowest BCUT2D eigenvalue weighted by atomic mass is 10.2. The van der Waals surface area contributed by atoms with E-state index in [1.54, 1.807) is 7.11 Å². The molecular weight excluding hydrogens is 290 g/mol. The van der Waals surface area contributed by atoms with Crippen LogP contribution in [0.25, 0.3) is 0 Å². The number of hydrogen-bond acceptors (Lipinski definition) is 2. The van der Waals surface area contributed by atoms with Gasteiger partial charge in [0.2, 0.25) is 0 Å². The molecule has 0 aliphatic rings. The van der Waals surface area contributed by atoms with Crippen LogP contribution in [0, 0.1) is 0 Å². The molecule has 0 fully saturated rings. The summed E-state index contributed by atoms with van der Waals surface area (Å²) < 4.78 is 6.19. The van der Waals surface area contributed by atoms with Crippen molar-refractivity contribution >= 4 is 21.6 Å². The number of nitrogens with one attached hydrogen (secondary N) is 1. The van der Waals surface area contributed by atoms with E-state index in [1.807, 2.05) is 0 Å². The lowest BCUT2D eigenvalue weighted by molar-refractivity contribution is 0.185. The minimum atomic E-state index is 0.660. The Bertz CT molecular complexity index is 479. The van der Waals surface area contributed by atoms with Crippen LogP contribution in [0.3, 0.4) is 0 Å². The first kappa shape index (κ1) is 13.1. The van der Waals surface area contributed by atoms with E-state index in [2.05, 4.69) is 69.8 Å². The molecule has 94 valence electrons. The van der Waals surface area contributed by atoms with Gasteiger partial charge in [0, 0.05) is 23.8 Å². The van der Waals surface area contributed by atoms with Crippen molar-refractivity contribution in [2.75, 3.05) is 12.4 Å². The monoisotopic (exact) mass is 305 g/mol. The maximum Gasteiger partial charge on any atom is 0.0713 e. The molecule has 3 heteroatoms. The summed E-state index contributed by atoms with van der Waals surface area (Å²) in [6.07, 6.45) is 0. The second-order valence-electron chi connectivity index (χ2n) is 4.11. The molecule has 0 atom stereocenters. The minimum absolute atomic E-state index is 0.660. The predicted molar refractivity (Wildman–Crippen MR) is 78.6 cm³/mol. The molecule has 2 nitrogen and oxygen atoms in total. The zero-order valence-corrected chi connectivity index (χ0v) is 11.9. The Kier molecular flexibility index (Phi) is 4.79. The average Bonchev–Trinajstić information content (AvgIpc) is 2.40. The molecule has 2 aromatic rings. The second kappa shape index (κ2) is 6.57. The van der Waals surface area contributed by atoms with Crippen molar-refractivity contribution in [3.8, 4) is 0 Å². The van der Waals surface area contributed by atoms with Crippen LogP contribution in [0.2, 0.25) is 0 Å². The lowest BCUT2D eigenvalue weighted by Crippen LogP contribution is -1.99. The Morgan fingerprint density at radius 2 is 1.56 bits per heavy atom. The third kappa shape index (κ3) is 3.86. The molecule has 0 unspecified atom stereocenters. The minimum Gasteiger partial charge on any atom is -0.381 e. The van der Waals surface area contributed by atoms with Crippen molar-refractivity contribution in [1.29, 1.82) is 0 Å². The molecule has 0 radical (unpaired) electrons. The molecule has 0 spiro atoms. The summed E-state index contributed by atoms with van der Waals surface area (Å²) in [6.45, 7) is 1.49. The first-order valence-corrected chi connectivity index (χ1v) is 6.63. The quantitative estimate of drug-likeness (QED) is 0.893. The summed E-state index contributed by atoms with van der Waals surface area (Å²) in [4.78, 5) is 0. The molecule has 18 heavy (non-hydrogen) atoms.